The van der Waals surface area contributed by atoms with Gasteiger partial charge in [-0.25, -0.2) is 0 Å². The van der Waals surface area contributed by atoms with Gasteiger partial charge in [-0.1, -0.05) is 68.4 Å². The minimum Gasteiger partial charge on any atom is -0.500 e. The average Bonchev–Trinajstić information content (AvgIpc) is 3.44. The summed E-state index contributed by atoms with van der Waals surface area (Å²) in [5.41, 5.74) is 5.39. The van der Waals surface area contributed by atoms with Crippen LogP contribution < -0.4 is 0 Å². The van der Waals surface area contributed by atoms with Gasteiger partial charge in [-0.15, -0.1) is 47.5 Å². The Morgan fingerprint density at radius 2 is 1.71 bits per heavy atom. The first-order chi connectivity index (χ1) is 22.4. The molecule has 0 bridgehead atoms. The Morgan fingerprint density at radius 1 is 0.854 bits per heavy atom. The quantitative estimate of drug-likeness (QED) is 0.135. The molecule has 1 radical (unpaired) electrons. The fraction of sp³-hybridized carbons (Fsp3) is 0.194. The van der Waals surface area contributed by atoms with Gasteiger partial charge in [0.05, 0.1) is 11.1 Å². The van der Waals surface area contributed by atoms with Gasteiger partial charge in [-0.05, 0) is 65.4 Å². The molecular weight excluding hydrogens is 683 g/mol. The van der Waals surface area contributed by atoms with E-state index >= 15 is 0 Å². The summed E-state index contributed by atoms with van der Waals surface area (Å²) in [5.74, 6) is 0. The summed E-state index contributed by atoms with van der Waals surface area (Å²) in [6, 6.07) is 25.0. The van der Waals surface area contributed by atoms with Gasteiger partial charge >= 0.3 is 0 Å². The van der Waals surface area contributed by atoms with Crippen LogP contribution in [0.5, 0.6) is 0 Å². The summed E-state index contributed by atoms with van der Waals surface area (Å²) in [5, 5.41) is 2.99. The van der Waals surface area contributed by atoms with Gasteiger partial charge in [0.2, 0.25) is 0 Å². The Kier molecular flexibility index (Phi) is 5.63. The summed E-state index contributed by atoms with van der Waals surface area (Å²) >= 11 is 0. The maximum atomic E-state index is 8.59. The van der Waals surface area contributed by atoms with Crippen LogP contribution in [0.15, 0.2) is 89.7 Å². The molecule has 0 fully saturated rings. The van der Waals surface area contributed by atoms with Gasteiger partial charge in [0, 0.05) is 48.9 Å². The monoisotopic (exact) mass is 722 g/mol. The van der Waals surface area contributed by atoms with E-state index in [0.717, 1.165) is 32.8 Å². The zero-order valence-corrected chi connectivity index (χ0v) is 25.1. The third-order valence-corrected chi connectivity index (χ3v) is 6.31. The van der Waals surface area contributed by atoms with Crippen molar-refractivity contribution in [3.63, 3.8) is 0 Å². The molecule has 0 aliphatic heterocycles. The van der Waals surface area contributed by atoms with Crippen LogP contribution in [0.1, 0.15) is 48.4 Å². The SMILES string of the molecule is [2H]C([2H])([2H])c1c[c-]c(-c2ccc(C([2H])([2H])[2H])cn2)cc1.[2H]C([2H])(c1ccnc(-c2[c-]cc3cnc4cccc5oc2c3c45)c1)C(C)(C)C.[Ir]. The molecule has 41 heavy (non-hydrogen) atoms. The van der Waals surface area contributed by atoms with Crippen LogP contribution in [0.2, 0.25) is 0 Å². The number of hydrogen-bond acceptors (Lipinski definition) is 4. The van der Waals surface area contributed by atoms with Crippen molar-refractivity contribution in [3.05, 3.63) is 114 Å². The molecule has 4 aromatic heterocycles. The third-order valence-electron chi connectivity index (χ3n) is 6.31. The molecule has 0 saturated heterocycles. The molecule has 3 aromatic carbocycles. The molecule has 5 heteroatoms. The predicted octanol–water partition coefficient (Wildman–Crippen LogP) is 9.19. The number of furan rings is 1. The van der Waals surface area contributed by atoms with Crippen molar-refractivity contribution in [1.82, 2.24) is 15.0 Å². The van der Waals surface area contributed by atoms with Crippen molar-refractivity contribution in [2.45, 2.75) is 40.8 Å². The maximum Gasteiger partial charge on any atom is 0.123 e. The number of benzene rings is 3. The van der Waals surface area contributed by atoms with Crippen molar-refractivity contribution in [2.75, 3.05) is 0 Å². The first-order valence-electron chi connectivity index (χ1n) is 16.9. The van der Waals surface area contributed by atoms with Gasteiger partial charge in [-0.3, -0.25) is 4.98 Å². The van der Waals surface area contributed by atoms with E-state index in [0.29, 0.717) is 28.1 Å². The first-order valence-corrected chi connectivity index (χ1v) is 12.9. The van der Waals surface area contributed by atoms with Gasteiger partial charge < -0.3 is 14.4 Å². The van der Waals surface area contributed by atoms with Crippen LogP contribution in [-0.4, -0.2) is 15.0 Å². The van der Waals surface area contributed by atoms with Crippen molar-refractivity contribution < 1.29 is 35.5 Å². The molecule has 0 aliphatic carbocycles. The van der Waals surface area contributed by atoms with Crippen LogP contribution in [0.3, 0.4) is 0 Å². The number of aryl methyl sites for hydroxylation is 2. The Labute approximate surface area is 265 Å². The fourth-order valence-corrected chi connectivity index (χ4v) is 4.62. The van der Waals surface area contributed by atoms with E-state index in [-0.39, 0.29) is 31.2 Å². The Morgan fingerprint density at radius 3 is 2.44 bits per heavy atom. The molecule has 7 rings (SSSR count). The van der Waals surface area contributed by atoms with E-state index in [1.54, 1.807) is 24.4 Å². The van der Waals surface area contributed by atoms with E-state index in [1.165, 1.54) is 24.4 Å². The minimum atomic E-state index is -2.18. The first kappa shape index (κ1) is 20.0. The van der Waals surface area contributed by atoms with E-state index in [9.17, 15) is 0 Å². The smallest absolute Gasteiger partial charge is 0.123 e. The summed E-state index contributed by atoms with van der Waals surface area (Å²) in [7, 11) is 0. The van der Waals surface area contributed by atoms with Crippen molar-refractivity contribution in [2.24, 2.45) is 5.41 Å². The molecule has 207 valence electrons. The molecule has 4 nitrogen and oxygen atoms in total. The molecule has 0 unspecified atom stereocenters. The third kappa shape index (κ3) is 6.07. The summed E-state index contributed by atoms with van der Waals surface area (Å²) in [6.45, 7) is 1.36. The molecule has 7 aromatic rings. The second kappa shape index (κ2) is 11.5. The number of aromatic nitrogens is 3. The molecule has 0 aliphatic rings. The minimum absolute atomic E-state index is 0. The number of rotatable bonds is 3. The molecule has 0 N–H and O–H groups in total. The molecular formula is C36H31IrN3O-2. The van der Waals surface area contributed by atoms with Crippen molar-refractivity contribution in [1.29, 1.82) is 0 Å². The number of hydrogen-bond donors (Lipinski definition) is 0. The van der Waals surface area contributed by atoms with E-state index in [4.69, 9.17) is 15.4 Å². The Balaban J connectivity index is 0.000000199. The second-order valence-electron chi connectivity index (χ2n) is 10.6. The zero-order valence-electron chi connectivity index (χ0n) is 30.7. The topological polar surface area (TPSA) is 51.8 Å². The normalized spacial score (nSPS) is 15.3. The molecule has 0 atom stereocenters. The van der Waals surface area contributed by atoms with Crippen molar-refractivity contribution in [3.8, 4) is 22.5 Å². The standard InChI is InChI=1S/C23H19N2O.C13H12N.Ir/c1-23(2,3)12-14-9-10-24-18(11-14)16-8-7-15-13-25-17-5-4-6-19-21(17)20(15)22(16)26-19;1-10-3-6-12(7-4-10)13-8-5-11(2)9-14-13;/h4-7,9-11,13H,12H2,1-3H3;3-6,8-9H,1-2H3;/q2*-1;/i12D2;1D3,2D3;. The summed E-state index contributed by atoms with van der Waals surface area (Å²) in [4.78, 5) is 13.1. The molecule has 0 spiro atoms. The van der Waals surface area contributed by atoms with Crippen LogP contribution in [-0.2, 0) is 26.5 Å². The van der Waals surface area contributed by atoms with E-state index in [1.807, 2.05) is 57.3 Å². The summed E-state index contributed by atoms with van der Waals surface area (Å²) in [6.07, 6.45) is 3.29. The predicted molar refractivity (Wildman–Crippen MR) is 163 cm³/mol. The van der Waals surface area contributed by atoms with Crippen LogP contribution in [0.25, 0.3) is 55.4 Å². The largest absolute Gasteiger partial charge is 0.500 e. The van der Waals surface area contributed by atoms with Crippen LogP contribution in [0, 0.1) is 31.3 Å². The van der Waals surface area contributed by atoms with Gasteiger partial charge in [0.15, 0.2) is 0 Å². The molecule has 0 amide bonds. The van der Waals surface area contributed by atoms with Gasteiger partial charge in [0.1, 0.15) is 5.58 Å². The summed E-state index contributed by atoms with van der Waals surface area (Å²) < 4.78 is 67.0. The Hall–Kier alpha value is -3.92. The van der Waals surface area contributed by atoms with Crippen LogP contribution >= 0.6 is 0 Å². The maximum absolute atomic E-state index is 8.59. The van der Waals surface area contributed by atoms with Crippen LogP contribution in [0.4, 0.5) is 0 Å². The number of pyridine rings is 3. The van der Waals surface area contributed by atoms with Gasteiger partial charge in [0.25, 0.3) is 0 Å². The van der Waals surface area contributed by atoms with E-state index in [2.05, 4.69) is 27.1 Å². The zero-order chi connectivity index (χ0) is 34.6. The Bertz CT molecular complexity index is 2160. The average molecular weight is 722 g/mol. The molecule has 0 saturated carbocycles. The van der Waals surface area contributed by atoms with Gasteiger partial charge in [-0.2, -0.15) is 0 Å². The number of nitrogens with zero attached hydrogens (tertiary/aromatic N) is 3. The second-order valence-corrected chi connectivity index (χ2v) is 10.6. The van der Waals surface area contributed by atoms with E-state index < -0.39 is 25.5 Å². The van der Waals surface area contributed by atoms with Crippen molar-refractivity contribution >= 4 is 32.8 Å². The molecule has 4 heterocycles. The fourth-order valence-electron chi connectivity index (χ4n) is 4.62.